The Morgan fingerprint density at radius 1 is 1.00 bits per heavy atom. The second-order valence-corrected chi connectivity index (χ2v) is 7.72. The lowest BCUT2D eigenvalue weighted by Gasteiger charge is -2.28. The predicted octanol–water partition coefficient (Wildman–Crippen LogP) is 3.39. The fourth-order valence-corrected chi connectivity index (χ4v) is 3.71. The number of carbonyl (C=O) groups excluding carboxylic acids is 1. The van der Waals surface area contributed by atoms with Gasteiger partial charge in [0.2, 0.25) is 5.91 Å². The fraction of sp³-hybridized carbons (Fsp3) is 0.480. The van der Waals surface area contributed by atoms with Gasteiger partial charge in [-0.05, 0) is 48.7 Å². The quantitative estimate of drug-likeness (QED) is 0.551. The zero-order chi connectivity index (χ0) is 21.9. The standard InChI is InChI=1S/C25H34N2O4/c1-3-31-24-11-7-22(8-12-24)20-27(14-4-13-26-15-17-30-18-16-26)25(28)19-21-5-9-23(29-2)10-6-21/h5-12H,3-4,13-20H2,1-2H3. The van der Waals surface area contributed by atoms with Crippen LogP contribution in [-0.4, -0.2) is 68.8 Å². The van der Waals surface area contributed by atoms with E-state index in [-0.39, 0.29) is 5.91 Å². The van der Waals surface area contributed by atoms with Crippen molar-refractivity contribution < 1.29 is 19.0 Å². The number of morpholine rings is 1. The van der Waals surface area contributed by atoms with Crippen LogP contribution >= 0.6 is 0 Å². The van der Waals surface area contributed by atoms with Crippen molar-refractivity contribution in [1.82, 2.24) is 9.80 Å². The zero-order valence-electron chi connectivity index (χ0n) is 18.7. The summed E-state index contributed by atoms with van der Waals surface area (Å²) in [6.07, 6.45) is 1.34. The molecule has 0 spiro atoms. The molecule has 3 rings (SSSR count). The van der Waals surface area contributed by atoms with Crippen molar-refractivity contribution in [3.8, 4) is 11.5 Å². The molecule has 0 aliphatic carbocycles. The van der Waals surface area contributed by atoms with Gasteiger partial charge in [0, 0.05) is 32.7 Å². The van der Waals surface area contributed by atoms with E-state index in [0.29, 0.717) is 19.6 Å². The molecule has 31 heavy (non-hydrogen) atoms. The normalized spacial score (nSPS) is 14.3. The van der Waals surface area contributed by atoms with Gasteiger partial charge in [-0.1, -0.05) is 24.3 Å². The summed E-state index contributed by atoms with van der Waals surface area (Å²) in [5.74, 6) is 1.80. The van der Waals surface area contributed by atoms with Crippen LogP contribution in [0.15, 0.2) is 48.5 Å². The maximum absolute atomic E-state index is 13.2. The van der Waals surface area contributed by atoms with Gasteiger partial charge in [0.25, 0.3) is 0 Å². The van der Waals surface area contributed by atoms with E-state index in [0.717, 1.165) is 68.4 Å². The van der Waals surface area contributed by atoms with Gasteiger partial charge < -0.3 is 19.1 Å². The number of ether oxygens (including phenoxy) is 3. The molecule has 0 atom stereocenters. The van der Waals surface area contributed by atoms with Gasteiger partial charge in [-0.25, -0.2) is 0 Å². The Morgan fingerprint density at radius 3 is 2.29 bits per heavy atom. The van der Waals surface area contributed by atoms with E-state index in [4.69, 9.17) is 14.2 Å². The van der Waals surface area contributed by atoms with E-state index < -0.39 is 0 Å². The average Bonchev–Trinajstić information content (AvgIpc) is 2.81. The van der Waals surface area contributed by atoms with Crippen LogP contribution in [0.3, 0.4) is 0 Å². The Hall–Kier alpha value is -2.57. The Kier molecular flexibility index (Phi) is 9.18. The average molecular weight is 427 g/mol. The van der Waals surface area contributed by atoms with E-state index in [1.165, 1.54) is 0 Å². The number of nitrogens with zero attached hydrogens (tertiary/aromatic N) is 2. The van der Waals surface area contributed by atoms with Crippen molar-refractivity contribution >= 4 is 5.91 Å². The molecular weight excluding hydrogens is 392 g/mol. The Balaban J connectivity index is 1.61. The summed E-state index contributed by atoms with van der Waals surface area (Å²) >= 11 is 0. The number of hydrogen-bond donors (Lipinski definition) is 0. The minimum absolute atomic E-state index is 0.140. The van der Waals surface area contributed by atoms with E-state index in [1.807, 2.05) is 60.4 Å². The molecule has 0 unspecified atom stereocenters. The second kappa shape index (κ2) is 12.3. The van der Waals surface area contributed by atoms with Crippen LogP contribution in [-0.2, 0) is 22.5 Å². The van der Waals surface area contributed by atoms with Crippen molar-refractivity contribution in [1.29, 1.82) is 0 Å². The molecule has 1 saturated heterocycles. The SMILES string of the molecule is CCOc1ccc(CN(CCCN2CCOCC2)C(=O)Cc2ccc(OC)cc2)cc1. The monoisotopic (exact) mass is 426 g/mol. The summed E-state index contributed by atoms with van der Waals surface area (Å²) in [5, 5.41) is 0. The van der Waals surface area contributed by atoms with E-state index in [1.54, 1.807) is 7.11 Å². The van der Waals surface area contributed by atoms with Gasteiger partial charge in [0.15, 0.2) is 0 Å². The summed E-state index contributed by atoms with van der Waals surface area (Å²) in [4.78, 5) is 17.5. The van der Waals surface area contributed by atoms with Crippen LogP contribution in [0, 0.1) is 0 Å². The summed E-state index contributed by atoms with van der Waals surface area (Å²) < 4.78 is 16.2. The van der Waals surface area contributed by atoms with Crippen molar-refractivity contribution in [2.75, 3.05) is 53.1 Å². The first-order valence-electron chi connectivity index (χ1n) is 11.1. The van der Waals surface area contributed by atoms with Crippen LogP contribution in [0.4, 0.5) is 0 Å². The molecular formula is C25H34N2O4. The maximum atomic E-state index is 13.2. The van der Waals surface area contributed by atoms with Gasteiger partial charge in [-0.3, -0.25) is 9.69 Å². The van der Waals surface area contributed by atoms with Gasteiger partial charge in [0.1, 0.15) is 11.5 Å². The molecule has 6 heteroatoms. The molecule has 2 aromatic carbocycles. The molecule has 0 aromatic heterocycles. The van der Waals surface area contributed by atoms with Crippen LogP contribution in [0.25, 0.3) is 0 Å². The van der Waals surface area contributed by atoms with E-state index in [2.05, 4.69) is 4.90 Å². The van der Waals surface area contributed by atoms with Crippen LogP contribution in [0.5, 0.6) is 11.5 Å². The Bertz CT molecular complexity index is 786. The van der Waals surface area contributed by atoms with Crippen LogP contribution < -0.4 is 9.47 Å². The fourth-order valence-electron chi connectivity index (χ4n) is 3.71. The molecule has 6 nitrogen and oxygen atoms in total. The van der Waals surface area contributed by atoms with Crippen molar-refractivity contribution in [3.63, 3.8) is 0 Å². The number of benzene rings is 2. The van der Waals surface area contributed by atoms with E-state index >= 15 is 0 Å². The molecule has 2 aromatic rings. The van der Waals surface area contributed by atoms with Gasteiger partial charge in [0.05, 0.1) is 33.4 Å². The minimum Gasteiger partial charge on any atom is -0.497 e. The molecule has 1 aliphatic rings. The first kappa shape index (κ1) is 23.1. The highest BCUT2D eigenvalue weighted by molar-refractivity contribution is 5.78. The van der Waals surface area contributed by atoms with Gasteiger partial charge in [-0.2, -0.15) is 0 Å². The number of hydrogen-bond acceptors (Lipinski definition) is 5. The maximum Gasteiger partial charge on any atom is 0.227 e. The number of methoxy groups -OCH3 is 1. The Morgan fingerprint density at radius 2 is 1.65 bits per heavy atom. The summed E-state index contributed by atoms with van der Waals surface area (Å²) in [6.45, 7) is 8.48. The largest absolute Gasteiger partial charge is 0.497 e. The summed E-state index contributed by atoms with van der Waals surface area (Å²) in [6, 6.07) is 15.7. The lowest BCUT2D eigenvalue weighted by molar-refractivity contribution is -0.131. The molecule has 1 fully saturated rings. The first-order chi connectivity index (χ1) is 15.2. The molecule has 1 aliphatic heterocycles. The van der Waals surface area contributed by atoms with Crippen LogP contribution in [0.2, 0.25) is 0 Å². The third kappa shape index (κ3) is 7.56. The lowest BCUT2D eigenvalue weighted by Crippen LogP contribution is -2.39. The lowest BCUT2D eigenvalue weighted by atomic mass is 10.1. The smallest absolute Gasteiger partial charge is 0.227 e. The van der Waals surface area contributed by atoms with Crippen molar-refractivity contribution in [2.24, 2.45) is 0 Å². The first-order valence-corrected chi connectivity index (χ1v) is 11.1. The van der Waals surface area contributed by atoms with E-state index in [9.17, 15) is 4.79 Å². The van der Waals surface area contributed by atoms with Gasteiger partial charge in [-0.15, -0.1) is 0 Å². The predicted molar refractivity (Wildman–Crippen MR) is 122 cm³/mol. The topological polar surface area (TPSA) is 51.2 Å². The summed E-state index contributed by atoms with van der Waals surface area (Å²) in [7, 11) is 1.65. The highest BCUT2D eigenvalue weighted by Gasteiger charge is 2.16. The number of amides is 1. The minimum atomic E-state index is 0.140. The highest BCUT2D eigenvalue weighted by Crippen LogP contribution is 2.16. The highest BCUT2D eigenvalue weighted by atomic mass is 16.5. The number of rotatable bonds is 11. The third-order valence-corrected chi connectivity index (χ3v) is 5.48. The van der Waals surface area contributed by atoms with Gasteiger partial charge >= 0.3 is 0 Å². The molecule has 1 heterocycles. The van der Waals surface area contributed by atoms with Crippen LogP contribution in [0.1, 0.15) is 24.5 Å². The molecule has 168 valence electrons. The number of carbonyl (C=O) groups is 1. The third-order valence-electron chi connectivity index (χ3n) is 5.48. The second-order valence-electron chi connectivity index (χ2n) is 7.72. The molecule has 0 N–H and O–H groups in total. The summed E-state index contributed by atoms with van der Waals surface area (Å²) in [5.41, 5.74) is 2.11. The zero-order valence-corrected chi connectivity index (χ0v) is 18.7. The molecule has 0 bridgehead atoms. The Labute approximate surface area is 185 Å². The van der Waals surface area contributed by atoms with Crippen molar-refractivity contribution in [2.45, 2.75) is 26.3 Å². The molecule has 0 radical (unpaired) electrons. The molecule has 0 saturated carbocycles. The molecule has 1 amide bonds. The van der Waals surface area contributed by atoms with Crippen molar-refractivity contribution in [3.05, 3.63) is 59.7 Å².